The van der Waals surface area contributed by atoms with Crippen LogP contribution in [0.2, 0.25) is 0 Å². The zero-order valence-corrected chi connectivity index (χ0v) is 31.2. The molecule has 0 unspecified atom stereocenters. The number of pyridine rings is 1. The van der Waals surface area contributed by atoms with E-state index in [1.54, 1.807) is 76.3 Å². The van der Waals surface area contributed by atoms with Crippen molar-refractivity contribution in [3.63, 3.8) is 0 Å². The highest BCUT2D eigenvalue weighted by Gasteiger charge is 2.28. The molecule has 13 heteroatoms. The molecule has 12 nitrogen and oxygen atoms in total. The highest BCUT2D eigenvalue weighted by Crippen LogP contribution is 2.43. The van der Waals surface area contributed by atoms with Gasteiger partial charge in [0, 0.05) is 57.9 Å². The molecule has 0 aliphatic carbocycles. The maximum absolute atomic E-state index is 14.3. The van der Waals surface area contributed by atoms with E-state index in [1.165, 1.54) is 13.2 Å². The predicted molar refractivity (Wildman–Crippen MR) is 199 cm³/mol. The van der Waals surface area contributed by atoms with E-state index in [4.69, 9.17) is 14.2 Å². The van der Waals surface area contributed by atoms with Crippen molar-refractivity contribution in [1.82, 2.24) is 15.6 Å². The number of aromatic nitrogens is 1. The Hall–Kier alpha value is -5.27. The van der Waals surface area contributed by atoms with Crippen molar-refractivity contribution in [2.75, 3.05) is 25.6 Å². The van der Waals surface area contributed by atoms with Crippen LogP contribution in [0.15, 0.2) is 53.9 Å². The Morgan fingerprint density at radius 3 is 2.42 bits per heavy atom. The lowest BCUT2D eigenvalue weighted by molar-refractivity contribution is 0.0521. The van der Waals surface area contributed by atoms with Crippen molar-refractivity contribution in [2.24, 2.45) is 0 Å². The summed E-state index contributed by atoms with van der Waals surface area (Å²) in [5.41, 5.74) is 3.27. The number of hydrogen-bond donors (Lipinski definition) is 4. The number of anilines is 1. The number of thiophene rings is 1. The highest BCUT2D eigenvalue weighted by atomic mass is 32.1. The van der Waals surface area contributed by atoms with Gasteiger partial charge >= 0.3 is 12.1 Å². The quantitative estimate of drug-likeness (QED) is 0.131. The molecule has 4 aromatic rings. The Balaban J connectivity index is 1.55. The molecule has 0 spiro atoms. The monoisotopic (exact) mass is 728 g/mol. The second-order valence-corrected chi connectivity index (χ2v) is 15.0. The summed E-state index contributed by atoms with van der Waals surface area (Å²) in [6, 6.07) is 14.0. The molecule has 52 heavy (non-hydrogen) atoms. The van der Waals surface area contributed by atoms with Gasteiger partial charge in [-0.2, -0.15) is 0 Å². The van der Waals surface area contributed by atoms with Gasteiger partial charge in [0.05, 0.1) is 13.7 Å². The van der Waals surface area contributed by atoms with Gasteiger partial charge in [-0.25, -0.2) is 14.6 Å². The number of alkyl carbamates (subject to hydrolysis) is 1. The number of fused-ring (bicyclic) bond motifs is 3. The van der Waals surface area contributed by atoms with Gasteiger partial charge in [0.15, 0.2) is 5.69 Å². The smallest absolute Gasteiger partial charge is 0.407 e. The first-order valence-corrected chi connectivity index (χ1v) is 17.8. The van der Waals surface area contributed by atoms with E-state index in [2.05, 4.69) is 20.9 Å². The lowest BCUT2D eigenvalue weighted by Crippen LogP contribution is -2.44. The number of ether oxygens (including phenoxy) is 3. The van der Waals surface area contributed by atoms with Gasteiger partial charge in [0.2, 0.25) is 0 Å². The van der Waals surface area contributed by atoms with Crippen LogP contribution in [0.4, 0.5) is 10.5 Å². The summed E-state index contributed by atoms with van der Waals surface area (Å²) in [7, 11) is 1.21. The van der Waals surface area contributed by atoms with Crippen molar-refractivity contribution in [2.45, 2.75) is 72.1 Å². The van der Waals surface area contributed by atoms with Crippen LogP contribution < -0.4 is 20.7 Å². The summed E-state index contributed by atoms with van der Waals surface area (Å²) in [4.78, 5) is 58.3. The number of methoxy groups -OCH3 is 1. The van der Waals surface area contributed by atoms with Gasteiger partial charge < -0.3 is 35.3 Å². The third-order valence-electron chi connectivity index (χ3n) is 8.34. The lowest BCUT2D eigenvalue weighted by atomic mass is 9.93. The van der Waals surface area contributed by atoms with Gasteiger partial charge in [-0.05, 0) is 106 Å². The van der Waals surface area contributed by atoms with Crippen LogP contribution in [0.5, 0.6) is 5.75 Å². The molecule has 3 heterocycles. The highest BCUT2D eigenvalue weighted by molar-refractivity contribution is 7.13. The average molecular weight is 729 g/mol. The number of amides is 3. The van der Waals surface area contributed by atoms with Gasteiger partial charge in [-0.1, -0.05) is 12.1 Å². The van der Waals surface area contributed by atoms with E-state index in [9.17, 15) is 24.3 Å². The summed E-state index contributed by atoms with van der Waals surface area (Å²) in [6.07, 6.45) is 0.464. The molecule has 274 valence electrons. The van der Waals surface area contributed by atoms with E-state index in [0.717, 1.165) is 27.1 Å². The van der Waals surface area contributed by atoms with Crippen molar-refractivity contribution < 1.29 is 38.5 Å². The number of aryl methyl sites for hydroxylation is 1. The third-order valence-corrected chi connectivity index (χ3v) is 9.33. The number of carbonyl (C=O) groups is 4. The molecule has 4 N–H and O–H groups in total. The Labute approximate surface area is 306 Å². The van der Waals surface area contributed by atoms with Crippen LogP contribution in [0, 0.1) is 6.92 Å². The zero-order valence-electron chi connectivity index (χ0n) is 30.4. The molecular formula is C39H44N4O8S. The standard InChI is InChI=1S/C39H44N4O8S/c1-22-18-23(21-40-37(48)51-38(2,3)4)8-10-29(22)42-34(45)27-19-28-31(50-16-12-24-13-17-52-33(24)28)20-26(27)25-9-11-30(41-32(25)36(47)49-7)35(46)43-39(5,6)14-15-44/h8-11,13,17-20,44H,12,14-16,21H2,1-7H3,(H,40,48)(H,42,45)(H,43,46). The first-order valence-electron chi connectivity index (χ1n) is 16.9. The van der Waals surface area contributed by atoms with E-state index < -0.39 is 35.0 Å². The van der Waals surface area contributed by atoms with Gasteiger partial charge in [0.1, 0.15) is 17.0 Å². The summed E-state index contributed by atoms with van der Waals surface area (Å²) in [5.74, 6) is -1.25. The largest absolute Gasteiger partial charge is 0.493 e. The zero-order chi connectivity index (χ0) is 37.8. The second-order valence-electron chi connectivity index (χ2n) is 14.1. The van der Waals surface area contributed by atoms with E-state index >= 15 is 0 Å². The van der Waals surface area contributed by atoms with E-state index in [1.807, 2.05) is 24.4 Å². The van der Waals surface area contributed by atoms with Gasteiger partial charge in [0.25, 0.3) is 11.8 Å². The molecule has 2 aromatic heterocycles. The fraction of sp³-hybridized carbons (Fsp3) is 0.359. The number of nitrogens with zero attached hydrogens (tertiary/aromatic N) is 1. The second kappa shape index (κ2) is 15.5. The summed E-state index contributed by atoms with van der Waals surface area (Å²) >= 11 is 1.55. The third kappa shape index (κ3) is 8.96. The Bertz CT molecular complexity index is 2010. The molecule has 5 rings (SSSR count). The molecular weight excluding hydrogens is 685 g/mol. The van der Waals surface area contributed by atoms with E-state index in [0.29, 0.717) is 36.4 Å². The minimum Gasteiger partial charge on any atom is -0.493 e. The number of aliphatic hydroxyl groups excluding tert-OH is 1. The minimum absolute atomic E-state index is 0.0349. The fourth-order valence-corrected chi connectivity index (χ4v) is 6.73. The molecule has 0 saturated carbocycles. The fourth-order valence-electron chi connectivity index (χ4n) is 5.75. The predicted octanol–water partition coefficient (Wildman–Crippen LogP) is 6.67. The summed E-state index contributed by atoms with van der Waals surface area (Å²) < 4.78 is 16.6. The first-order chi connectivity index (χ1) is 24.6. The molecule has 0 saturated heterocycles. The average Bonchev–Trinajstić information content (AvgIpc) is 3.47. The molecule has 1 aliphatic rings. The van der Waals surface area contributed by atoms with Crippen molar-refractivity contribution in [3.8, 4) is 27.3 Å². The number of aliphatic hydroxyl groups is 1. The maximum atomic E-state index is 14.3. The van der Waals surface area contributed by atoms with Crippen LogP contribution in [0.25, 0.3) is 21.6 Å². The van der Waals surface area contributed by atoms with Crippen LogP contribution in [-0.4, -0.2) is 65.4 Å². The molecule has 2 aromatic carbocycles. The number of rotatable bonds is 10. The van der Waals surface area contributed by atoms with Gasteiger partial charge in [-0.15, -0.1) is 11.3 Å². The molecule has 3 amide bonds. The normalized spacial score (nSPS) is 12.4. The Morgan fingerprint density at radius 2 is 1.73 bits per heavy atom. The minimum atomic E-state index is -0.798. The van der Waals surface area contributed by atoms with Crippen LogP contribution in [-0.2, 0) is 22.4 Å². The number of benzene rings is 2. The van der Waals surface area contributed by atoms with Crippen molar-refractivity contribution in [1.29, 1.82) is 0 Å². The Morgan fingerprint density at radius 1 is 0.962 bits per heavy atom. The lowest BCUT2D eigenvalue weighted by Gasteiger charge is -2.25. The number of carbonyl (C=O) groups excluding carboxylic acids is 4. The molecule has 0 fully saturated rings. The maximum Gasteiger partial charge on any atom is 0.407 e. The van der Waals surface area contributed by atoms with Crippen molar-refractivity contribution in [3.05, 3.63) is 87.6 Å². The van der Waals surface area contributed by atoms with Crippen molar-refractivity contribution >= 4 is 40.9 Å². The topological polar surface area (TPSA) is 165 Å². The molecule has 0 bridgehead atoms. The molecule has 1 aliphatic heterocycles. The Kier molecular flexibility index (Phi) is 11.3. The summed E-state index contributed by atoms with van der Waals surface area (Å²) in [5, 5.41) is 20.0. The number of nitrogens with one attached hydrogen (secondary N) is 3. The number of esters is 1. The molecule has 0 atom stereocenters. The van der Waals surface area contributed by atoms with Crippen LogP contribution in [0.3, 0.4) is 0 Å². The number of hydrogen-bond acceptors (Lipinski definition) is 10. The summed E-state index contributed by atoms with van der Waals surface area (Å²) in [6.45, 7) is 11.3. The SMILES string of the molecule is COC(=O)c1nc(C(=O)NC(C)(C)CCO)ccc1-c1cc2c(cc1C(=O)Nc1ccc(CNC(=O)OC(C)(C)C)cc1C)-c1sccc1CCO2. The van der Waals surface area contributed by atoms with Crippen LogP contribution >= 0.6 is 11.3 Å². The van der Waals surface area contributed by atoms with E-state index in [-0.39, 0.29) is 35.7 Å². The van der Waals surface area contributed by atoms with Crippen LogP contribution in [0.1, 0.15) is 89.1 Å². The van der Waals surface area contributed by atoms with Gasteiger partial charge in [-0.3, -0.25) is 9.59 Å². The first kappa shape index (κ1) is 38.0. The molecule has 0 radical (unpaired) electrons.